The lowest BCUT2D eigenvalue weighted by Gasteiger charge is -1.24. The predicted octanol–water partition coefficient (Wildman–Crippen LogP) is 0.546. The largest absolute Gasteiger partial charge is 0.377 e. The van der Waals surface area contributed by atoms with Crippen LogP contribution in [0.3, 0.4) is 0 Å². The molecule has 0 aromatic carbocycles. The molecule has 1 rings (SSSR count). The fourth-order valence-corrected chi connectivity index (χ4v) is 0. The van der Waals surface area contributed by atoms with Crippen LogP contribution < -0.4 is 0 Å². The lowest BCUT2D eigenvalue weighted by atomic mass is 11.0. The van der Waals surface area contributed by atoms with E-state index in [0.29, 0.717) is 0 Å². The zero-order valence-corrected chi connectivity index (χ0v) is 3.77. The monoisotopic (exact) mass is 85.1 g/mol. The van der Waals surface area contributed by atoms with Gasteiger partial charge in [0.15, 0.2) is 0 Å². The van der Waals surface area contributed by atoms with Gasteiger partial charge in [-0.15, -0.1) is 0 Å². The molecule has 0 atom stereocenters. The molecule has 0 aromatic rings. The standard InChI is InChI=1S/C2H3N.C2H4O/c1-2-3;1-2-3-1/h1H3;1-2H2. The van der Waals surface area contributed by atoms with Crippen LogP contribution in [-0.4, -0.2) is 13.2 Å². The summed E-state index contributed by atoms with van der Waals surface area (Å²) in [5.74, 6) is 0. The second-order valence-electron chi connectivity index (χ2n) is 0.836. The second-order valence-corrected chi connectivity index (χ2v) is 0.836. The lowest BCUT2D eigenvalue weighted by Crippen LogP contribution is -1.20. The first-order valence-electron chi connectivity index (χ1n) is 1.80. The Kier molecular flexibility index (Phi) is 4.04. The number of ether oxygens (including phenoxy) is 1. The van der Waals surface area contributed by atoms with Crippen molar-refractivity contribution in [3.8, 4) is 6.07 Å². The summed E-state index contributed by atoms with van der Waals surface area (Å²) in [6.07, 6.45) is 0. The van der Waals surface area contributed by atoms with Crippen molar-refractivity contribution in [1.82, 2.24) is 0 Å². The Balaban J connectivity index is 0.0000000833. The Hall–Kier alpha value is -0.550. The Morgan fingerprint density at radius 3 is 1.83 bits per heavy atom. The molecule has 0 aromatic heterocycles. The van der Waals surface area contributed by atoms with E-state index >= 15 is 0 Å². The average Bonchev–Trinajstić information content (AvgIpc) is 2.11. The van der Waals surface area contributed by atoms with Crippen molar-refractivity contribution < 1.29 is 4.74 Å². The molecule has 1 heterocycles. The van der Waals surface area contributed by atoms with E-state index in [4.69, 9.17) is 5.26 Å². The van der Waals surface area contributed by atoms with Crippen molar-refractivity contribution in [2.45, 2.75) is 6.92 Å². The van der Waals surface area contributed by atoms with Crippen molar-refractivity contribution >= 4 is 0 Å². The molecule has 1 saturated heterocycles. The Morgan fingerprint density at radius 1 is 1.67 bits per heavy atom. The third-order valence-corrected chi connectivity index (χ3v) is 0.204. The normalized spacial score (nSPS) is 13.3. The molecule has 0 bridgehead atoms. The number of hydrogen-bond acceptors (Lipinski definition) is 2. The van der Waals surface area contributed by atoms with Crippen LogP contribution in [-0.2, 0) is 4.74 Å². The van der Waals surface area contributed by atoms with Gasteiger partial charge in [-0.25, -0.2) is 0 Å². The predicted molar refractivity (Wildman–Crippen MR) is 22.1 cm³/mol. The second kappa shape index (κ2) is 4.45. The Morgan fingerprint density at radius 2 is 1.83 bits per heavy atom. The highest BCUT2D eigenvalue weighted by Gasteiger charge is 1.94. The van der Waals surface area contributed by atoms with Crippen LogP contribution in [0.4, 0.5) is 0 Å². The summed E-state index contributed by atoms with van der Waals surface area (Å²) in [4.78, 5) is 0. The summed E-state index contributed by atoms with van der Waals surface area (Å²) < 4.78 is 4.50. The molecule has 0 N–H and O–H groups in total. The number of rotatable bonds is 0. The lowest BCUT2D eigenvalue weighted by molar-refractivity contribution is 0.475. The highest BCUT2D eigenvalue weighted by Crippen LogP contribution is 1.84. The van der Waals surface area contributed by atoms with Crippen LogP contribution >= 0.6 is 0 Å². The zero-order valence-electron chi connectivity index (χ0n) is 3.77. The molecule has 0 radical (unpaired) electrons. The minimum absolute atomic E-state index is 1.00. The van der Waals surface area contributed by atoms with Gasteiger partial charge < -0.3 is 4.74 Å². The SMILES string of the molecule is C1CO1.CC#N. The van der Waals surface area contributed by atoms with Crippen LogP contribution in [0.25, 0.3) is 0 Å². The van der Waals surface area contributed by atoms with E-state index in [1.165, 1.54) is 6.92 Å². The van der Waals surface area contributed by atoms with Crippen molar-refractivity contribution in [1.29, 1.82) is 5.26 Å². The summed E-state index contributed by atoms with van der Waals surface area (Å²) >= 11 is 0. The van der Waals surface area contributed by atoms with Crippen molar-refractivity contribution in [2.75, 3.05) is 13.2 Å². The van der Waals surface area contributed by atoms with E-state index in [1.807, 2.05) is 0 Å². The molecule has 1 fully saturated rings. The molecular formula is C4H7NO. The maximum Gasteiger partial charge on any atom is 0.0701 e. The fraction of sp³-hybridized carbons (Fsp3) is 0.750. The van der Waals surface area contributed by atoms with E-state index < -0.39 is 0 Å². The Labute approximate surface area is 37.3 Å². The maximum atomic E-state index is 7.32. The summed E-state index contributed by atoms with van der Waals surface area (Å²) in [5, 5.41) is 7.32. The van der Waals surface area contributed by atoms with E-state index in [2.05, 4.69) is 4.74 Å². The van der Waals surface area contributed by atoms with Gasteiger partial charge in [0.25, 0.3) is 0 Å². The Bertz CT molecular complexity index is 50.3. The van der Waals surface area contributed by atoms with Crippen LogP contribution in [0.15, 0.2) is 0 Å². The van der Waals surface area contributed by atoms with Crippen LogP contribution in [0, 0.1) is 11.3 Å². The highest BCUT2D eigenvalue weighted by molar-refractivity contribution is 4.51. The van der Waals surface area contributed by atoms with Crippen molar-refractivity contribution in [3.63, 3.8) is 0 Å². The van der Waals surface area contributed by atoms with E-state index in [1.54, 1.807) is 6.07 Å². The molecule has 0 amide bonds. The van der Waals surface area contributed by atoms with Crippen molar-refractivity contribution in [3.05, 3.63) is 0 Å². The smallest absolute Gasteiger partial charge is 0.0701 e. The summed E-state index contributed by atoms with van der Waals surface area (Å²) in [7, 11) is 0. The molecule has 1 aliphatic heterocycles. The molecule has 1 aliphatic rings. The number of hydrogen-bond donors (Lipinski definition) is 0. The molecule has 0 spiro atoms. The maximum absolute atomic E-state index is 7.32. The number of nitriles is 1. The first-order valence-corrected chi connectivity index (χ1v) is 1.80. The summed E-state index contributed by atoms with van der Waals surface area (Å²) in [6, 6.07) is 1.75. The molecule has 0 unspecified atom stereocenters. The molecule has 6 heavy (non-hydrogen) atoms. The molecule has 2 nitrogen and oxygen atoms in total. The third-order valence-electron chi connectivity index (χ3n) is 0.204. The summed E-state index contributed by atoms with van der Waals surface area (Å²) in [5.41, 5.74) is 0. The third kappa shape index (κ3) is 102. The van der Waals surface area contributed by atoms with Crippen LogP contribution in [0.5, 0.6) is 0 Å². The van der Waals surface area contributed by atoms with Gasteiger partial charge in [-0.1, -0.05) is 0 Å². The average molecular weight is 85.1 g/mol. The number of epoxide rings is 1. The van der Waals surface area contributed by atoms with Gasteiger partial charge in [0.2, 0.25) is 0 Å². The van der Waals surface area contributed by atoms with Crippen molar-refractivity contribution in [2.24, 2.45) is 0 Å². The van der Waals surface area contributed by atoms with Gasteiger partial charge in [-0.3, -0.25) is 0 Å². The fourth-order valence-electron chi connectivity index (χ4n) is 0. The first kappa shape index (κ1) is 5.45. The molecule has 2 heteroatoms. The van der Waals surface area contributed by atoms with Gasteiger partial charge in [0.05, 0.1) is 19.3 Å². The summed E-state index contributed by atoms with van der Waals surface area (Å²) in [6.45, 7) is 3.43. The van der Waals surface area contributed by atoms with E-state index in [0.717, 1.165) is 13.2 Å². The first-order chi connectivity index (χ1) is 2.91. The quantitative estimate of drug-likeness (QED) is 0.402. The minimum atomic E-state index is 1.00. The zero-order chi connectivity index (χ0) is 4.83. The van der Waals surface area contributed by atoms with Gasteiger partial charge in [-0.2, -0.15) is 5.26 Å². The van der Waals surface area contributed by atoms with E-state index in [9.17, 15) is 0 Å². The van der Waals surface area contributed by atoms with Gasteiger partial charge in [0, 0.05) is 6.92 Å². The highest BCUT2D eigenvalue weighted by atomic mass is 16.6. The van der Waals surface area contributed by atoms with Crippen LogP contribution in [0.1, 0.15) is 6.92 Å². The molecule has 0 aliphatic carbocycles. The topological polar surface area (TPSA) is 36.3 Å². The van der Waals surface area contributed by atoms with Gasteiger partial charge >= 0.3 is 0 Å². The van der Waals surface area contributed by atoms with Crippen LogP contribution in [0.2, 0.25) is 0 Å². The molecular weight excluding hydrogens is 78.0 g/mol. The molecule has 34 valence electrons. The molecule has 0 saturated carbocycles. The minimum Gasteiger partial charge on any atom is -0.377 e. The van der Waals surface area contributed by atoms with E-state index in [-0.39, 0.29) is 0 Å². The van der Waals surface area contributed by atoms with Gasteiger partial charge in [0.1, 0.15) is 0 Å². The van der Waals surface area contributed by atoms with Gasteiger partial charge in [-0.05, 0) is 0 Å². The number of nitrogens with zero attached hydrogens (tertiary/aromatic N) is 1.